The number of nitriles is 1. The number of unbranched alkanes of at least 4 members (excludes halogenated alkanes) is 2. The van der Waals surface area contributed by atoms with Crippen molar-refractivity contribution in [3.05, 3.63) is 36.1 Å². The van der Waals surface area contributed by atoms with Crippen molar-refractivity contribution >= 4 is 5.91 Å². The van der Waals surface area contributed by atoms with Gasteiger partial charge in [-0.1, -0.05) is 24.3 Å². The van der Waals surface area contributed by atoms with Crippen LogP contribution in [0.15, 0.2) is 36.1 Å². The average Bonchev–Trinajstić information content (AvgIpc) is 2.25. The van der Waals surface area contributed by atoms with E-state index in [-0.39, 0.29) is 5.91 Å². The topological polar surface area (TPSA) is 52.9 Å². The summed E-state index contributed by atoms with van der Waals surface area (Å²) in [5.74, 6) is -0.0734. The van der Waals surface area contributed by atoms with Gasteiger partial charge in [-0.25, -0.2) is 0 Å². The summed E-state index contributed by atoms with van der Waals surface area (Å²) in [4.78, 5) is 10.8. The zero-order valence-electron chi connectivity index (χ0n) is 9.86. The molecule has 3 heteroatoms. The third-order valence-corrected chi connectivity index (χ3v) is 1.81. The molecule has 0 unspecified atom stereocenters. The van der Waals surface area contributed by atoms with E-state index in [4.69, 9.17) is 5.26 Å². The summed E-state index contributed by atoms with van der Waals surface area (Å²) in [5.41, 5.74) is 0.786. The second kappa shape index (κ2) is 9.72. The highest BCUT2D eigenvalue weighted by molar-refractivity contribution is 5.75. The minimum atomic E-state index is -0.0734. The lowest BCUT2D eigenvalue weighted by Crippen LogP contribution is -2.17. The van der Waals surface area contributed by atoms with E-state index in [2.05, 4.69) is 11.4 Å². The van der Waals surface area contributed by atoms with E-state index in [1.807, 2.05) is 37.3 Å². The molecule has 0 aromatic carbocycles. The van der Waals surface area contributed by atoms with Crippen LogP contribution in [-0.2, 0) is 4.79 Å². The van der Waals surface area contributed by atoms with E-state index < -0.39 is 0 Å². The van der Waals surface area contributed by atoms with Gasteiger partial charge in [-0.15, -0.1) is 0 Å². The van der Waals surface area contributed by atoms with Crippen LogP contribution < -0.4 is 5.32 Å². The van der Waals surface area contributed by atoms with Gasteiger partial charge in [0.2, 0.25) is 5.91 Å². The van der Waals surface area contributed by atoms with E-state index in [0.717, 1.165) is 18.5 Å². The highest BCUT2D eigenvalue weighted by Crippen LogP contribution is 1.96. The van der Waals surface area contributed by atoms with Gasteiger partial charge in [0.15, 0.2) is 0 Å². The standard InChI is InChI=1S/C13H18N2O/c1-3-13(15-12(2)16)10-8-6-4-5-7-9-11-14/h3-4,6,8,10H,5,7,9H2,1-2H3,(H,15,16)/b6-4+,10-8-,13-3+. The van der Waals surface area contributed by atoms with E-state index in [1.165, 1.54) is 6.92 Å². The number of nitrogens with zero attached hydrogens (tertiary/aromatic N) is 1. The van der Waals surface area contributed by atoms with Crippen molar-refractivity contribution in [3.63, 3.8) is 0 Å². The molecule has 1 N–H and O–H groups in total. The molecular formula is C13H18N2O. The van der Waals surface area contributed by atoms with Crippen LogP contribution in [0.25, 0.3) is 0 Å². The summed E-state index contributed by atoms with van der Waals surface area (Å²) in [6.07, 6.45) is 11.9. The Morgan fingerprint density at radius 1 is 1.44 bits per heavy atom. The molecule has 0 aliphatic rings. The molecule has 0 atom stereocenters. The lowest BCUT2D eigenvalue weighted by Gasteiger charge is -1.99. The highest BCUT2D eigenvalue weighted by atomic mass is 16.1. The normalized spacial score (nSPS) is 11.9. The second-order valence-electron chi connectivity index (χ2n) is 3.26. The number of hydrogen-bond donors (Lipinski definition) is 1. The maximum absolute atomic E-state index is 10.8. The van der Waals surface area contributed by atoms with Crippen LogP contribution >= 0.6 is 0 Å². The molecule has 0 radical (unpaired) electrons. The number of rotatable bonds is 6. The first-order chi connectivity index (χ1) is 7.70. The first-order valence-corrected chi connectivity index (χ1v) is 5.34. The Kier molecular flexibility index (Phi) is 8.62. The van der Waals surface area contributed by atoms with Gasteiger partial charge in [-0.3, -0.25) is 4.79 Å². The summed E-state index contributed by atoms with van der Waals surface area (Å²) >= 11 is 0. The molecule has 0 saturated carbocycles. The molecule has 0 aliphatic heterocycles. The van der Waals surface area contributed by atoms with Crippen molar-refractivity contribution in [2.75, 3.05) is 0 Å². The van der Waals surface area contributed by atoms with Gasteiger partial charge in [0.05, 0.1) is 6.07 Å². The SMILES string of the molecule is C\C=C(/C=C\C=C\CCCC#N)NC(C)=O. The minimum absolute atomic E-state index is 0.0734. The lowest BCUT2D eigenvalue weighted by molar-refractivity contribution is -0.118. The van der Waals surface area contributed by atoms with Crippen LogP contribution in [0.2, 0.25) is 0 Å². The Balaban J connectivity index is 3.89. The molecule has 86 valence electrons. The third kappa shape index (κ3) is 8.76. The van der Waals surface area contributed by atoms with Gasteiger partial charge in [0, 0.05) is 19.0 Å². The maximum atomic E-state index is 10.8. The number of allylic oxidation sites excluding steroid dienone is 5. The first kappa shape index (κ1) is 14.2. The molecule has 1 amide bonds. The summed E-state index contributed by atoms with van der Waals surface area (Å²) < 4.78 is 0. The molecule has 0 fully saturated rings. The predicted molar refractivity (Wildman–Crippen MR) is 65.3 cm³/mol. The average molecular weight is 218 g/mol. The molecule has 0 heterocycles. The molecule has 0 aromatic heterocycles. The van der Waals surface area contributed by atoms with Gasteiger partial charge in [0.1, 0.15) is 0 Å². The quantitative estimate of drug-likeness (QED) is 0.550. The number of nitrogens with one attached hydrogen (secondary N) is 1. The molecule has 0 spiro atoms. The fourth-order valence-corrected chi connectivity index (χ4v) is 1.05. The Bertz CT molecular complexity index is 332. The zero-order chi connectivity index (χ0) is 12.2. The largest absolute Gasteiger partial charge is 0.327 e. The molecule has 0 saturated heterocycles. The molecule has 0 bridgehead atoms. The Morgan fingerprint density at radius 3 is 2.75 bits per heavy atom. The van der Waals surface area contributed by atoms with Crippen molar-refractivity contribution in [2.45, 2.75) is 33.1 Å². The lowest BCUT2D eigenvalue weighted by atomic mass is 10.2. The van der Waals surface area contributed by atoms with Gasteiger partial charge < -0.3 is 5.32 Å². The monoisotopic (exact) mass is 218 g/mol. The van der Waals surface area contributed by atoms with Crippen molar-refractivity contribution in [1.82, 2.24) is 5.32 Å². The van der Waals surface area contributed by atoms with Crippen LogP contribution in [0, 0.1) is 11.3 Å². The summed E-state index contributed by atoms with van der Waals surface area (Å²) in [5, 5.41) is 11.0. The molecule has 0 aliphatic carbocycles. The van der Waals surface area contributed by atoms with E-state index in [0.29, 0.717) is 6.42 Å². The fraction of sp³-hybridized carbons (Fsp3) is 0.385. The maximum Gasteiger partial charge on any atom is 0.221 e. The molecular weight excluding hydrogens is 200 g/mol. The fourth-order valence-electron chi connectivity index (χ4n) is 1.05. The van der Waals surface area contributed by atoms with Crippen molar-refractivity contribution in [1.29, 1.82) is 5.26 Å². The van der Waals surface area contributed by atoms with Gasteiger partial charge in [-0.05, 0) is 25.8 Å². The number of hydrogen-bond acceptors (Lipinski definition) is 2. The summed E-state index contributed by atoms with van der Waals surface area (Å²) in [6.45, 7) is 3.35. The first-order valence-electron chi connectivity index (χ1n) is 5.34. The minimum Gasteiger partial charge on any atom is -0.327 e. The van der Waals surface area contributed by atoms with Crippen molar-refractivity contribution in [2.24, 2.45) is 0 Å². The highest BCUT2D eigenvalue weighted by Gasteiger charge is 1.91. The summed E-state index contributed by atoms with van der Waals surface area (Å²) in [6, 6.07) is 2.10. The van der Waals surface area contributed by atoms with Crippen molar-refractivity contribution < 1.29 is 4.79 Å². The van der Waals surface area contributed by atoms with Crippen LogP contribution in [0.1, 0.15) is 33.1 Å². The predicted octanol–water partition coefficient (Wildman–Crippen LogP) is 2.83. The van der Waals surface area contributed by atoms with Crippen LogP contribution in [0.3, 0.4) is 0 Å². The smallest absolute Gasteiger partial charge is 0.221 e. The van der Waals surface area contributed by atoms with Crippen molar-refractivity contribution in [3.8, 4) is 6.07 Å². The zero-order valence-corrected chi connectivity index (χ0v) is 9.86. The van der Waals surface area contributed by atoms with Crippen LogP contribution in [0.4, 0.5) is 0 Å². The Hall–Kier alpha value is -1.82. The van der Waals surface area contributed by atoms with Crippen LogP contribution in [0.5, 0.6) is 0 Å². The van der Waals surface area contributed by atoms with E-state index >= 15 is 0 Å². The van der Waals surface area contributed by atoms with E-state index in [9.17, 15) is 4.79 Å². The number of amides is 1. The van der Waals surface area contributed by atoms with Gasteiger partial charge >= 0.3 is 0 Å². The number of carbonyl (C=O) groups excluding carboxylic acids is 1. The molecule has 3 nitrogen and oxygen atoms in total. The summed E-state index contributed by atoms with van der Waals surface area (Å²) in [7, 11) is 0. The second-order valence-corrected chi connectivity index (χ2v) is 3.26. The molecule has 16 heavy (non-hydrogen) atoms. The third-order valence-electron chi connectivity index (χ3n) is 1.81. The number of carbonyl (C=O) groups is 1. The van der Waals surface area contributed by atoms with Crippen LogP contribution in [-0.4, -0.2) is 5.91 Å². The Morgan fingerprint density at radius 2 is 2.19 bits per heavy atom. The molecule has 0 rings (SSSR count). The Labute approximate surface area is 97.2 Å². The molecule has 0 aromatic rings. The van der Waals surface area contributed by atoms with Gasteiger partial charge in [0.25, 0.3) is 0 Å². The van der Waals surface area contributed by atoms with Gasteiger partial charge in [-0.2, -0.15) is 5.26 Å². The van der Waals surface area contributed by atoms with E-state index in [1.54, 1.807) is 0 Å².